The molecule has 3 rings (SSSR count). The van der Waals surface area contributed by atoms with Crippen molar-refractivity contribution in [2.45, 2.75) is 44.1 Å². The average Bonchev–Trinajstić information content (AvgIpc) is 3.23. The Kier molecular flexibility index (Phi) is 5.01. The zero-order valence-electron chi connectivity index (χ0n) is 14.6. The van der Waals surface area contributed by atoms with Crippen LogP contribution in [-0.4, -0.2) is 27.3 Å². The number of rotatable bonds is 5. The van der Waals surface area contributed by atoms with Crippen molar-refractivity contribution in [3.63, 3.8) is 0 Å². The molecule has 1 aromatic carbocycles. The lowest BCUT2D eigenvalue weighted by Gasteiger charge is -2.30. The Balaban J connectivity index is 1.63. The van der Waals surface area contributed by atoms with Crippen molar-refractivity contribution in [3.05, 3.63) is 47.8 Å². The summed E-state index contributed by atoms with van der Waals surface area (Å²) in [5, 5.41) is 13.7. The zero-order chi connectivity index (χ0) is 17.9. The first-order chi connectivity index (χ1) is 12.0. The van der Waals surface area contributed by atoms with Crippen LogP contribution in [0.1, 0.15) is 50.0 Å². The van der Waals surface area contributed by atoms with E-state index in [1.165, 1.54) is 12.1 Å². The maximum absolute atomic E-state index is 13.2. The summed E-state index contributed by atoms with van der Waals surface area (Å²) in [5.74, 6) is 0.462. The molecule has 0 unspecified atom stereocenters. The average molecular weight is 345 g/mol. The van der Waals surface area contributed by atoms with E-state index in [-0.39, 0.29) is 23.3 Å². The quantitative estimate of drug-likeness (QED) is 0.875. The first-order valence-corrected chi connectivity index (χ1v) is 8.64. The number of hydrogen-bond acceptors (Lipinski definition) is 3. The van der Waals surface area contributed by atoms with Gasteiger partial charge in [0.2, 0.25) is 0 Å². The predicted octanol–water partition coefficient (Wildman–Crippen LogP) is 2.83. The molecule has 2 N–H and O–H groups in total. The SMILES string of the molecule is C[C@@H](NC(=O)NCC1(c2ccc(F)cc2)CCCC1)c1nncn1C. The number of nitrogens with one attached hydrogen (secondary N) is 2. The van der Waals surface area contributed by atoms with Crippen LogP contribution in [0, 0.1) is 5.82 Å². The van der Waals surface area contributed by atoms with Crippen LogP contribution in [0.2, 0.25) is 0 Å². The van der Waals surface area contributed by atoms with Crippen LogP contribution in [-0.2, 0) is 12.5 Å². The Bertz CT molecular complexity index is 721. The molecule has 134 valence electrons. The van der Waals surface area contributed by atoms with E-state index in [2.05, 4.69) is 20.8 Å². The number of halogens is 1. The minimum Gasteiger partial charge on any atom is -0.337 e. The Hall–Kier alpha value is -2.44. The molecule has 0 saturated heterocycles. The number of aromatic nitrogens is 3. The van der Waals surface area contributed by atoms with E-state index in [9.17, 15) is 9.18 Å². The van der Waals surface area contributed by atoms with Crippen LogP contribution in [0.5, 0.6) is 0 Å². The number of nitrogens with zero attached hydrogens (tertiary/aromatic N) is 3. The second kappa shape index (κ2) is 7.21. The Morgan fingerprint density at radius 1 is 1.32 bits per heavy atom. The molecule has 1 heterocycles. The fraction of sp³-hybridized carbons (Fsp3) is 0.500. The molecular formula is C18H24FN5O. The van der Waals surface area contributed by atoms with Crippen LogP contribution in [0.15, 0.2) is 30.6 Å². The summed E-state index contributed by atoms with van der Waals surface area (Å²) >= 11 is 0. The molecular weight excluding hydrogens is 321 g/mol. The second-order valence-electron chi connectivity index (χ2n) is 6.84. The maximum atomic E-state index is 13.2. The van der Waals surface area contributed by atoms with Crippen molar-refractivity contribution >= 4 is 6.03 Å². The van der Waals surface area contributed by atoms with Gasteiger partial charge in [0.15, 0.2) is 5.82 Å². The van der Waals surface area contributed by atoms with Gasteiger partial charge in [-0.15, -0.1) is 10.2 Å². The Labute approximate surface area is 146 Å². The van der Waals surface area contributed by atoms with Crippen molar-refractivity contribution in [2.24, 2.45) is 7.05 Å². The van der Waals surface area contributed by atoms with Gasteiger partial charge in [-0.25, -0.2) is 9.18 Å². The smallest absolute Gasteiger partial charge is 0.315 e. The van der Waals surface area contributed by atoms with E-state index >= 15 is 0 Å². The maximum Gasteiger partial charge on any atom is 0.315 e. The van der Waals surface area contributed by atoms with Crippen LogP contribution in [0.25, 0.3) is 0 Å². The van der Waals surface area contributed by atoms with Crippen molar-refractivity contribution in [2.75, 3.05) is 6.54 Å². The van der Waals surface area contributed by atoms with E-state index in [1.807, 2.05) is 26.1 Å². The summed E-state index contributed by atoms with van der Waals surface area (Å²) in [5.41, 5.74) is 0.979. The summed E-state index contributed by atoms with van der Waals surface area (Å²) in [6.07, 6.45) is 5.84. The molecule has 25 heavy (non-hydrogen) atoms. The van der Waals surface area contributed by atoms with Gasteiger partial charge in [-0.2, -0.15) is 0 Å². The highest BCUT2D eigenvalue weighted by Crippen LogP contribution is 2.40. The van der Waals surface area contributed by atoms with E-state index in [0.29, 0.717) is 12.4 Å². The Morgan fingerprint density at radius 2 is 2.00 bits per heavy atom. The van der Waals surface area contributed by atoms with E-state index in [0.717, 1.165) is 31.2 Å². The van der Waals surface area contributed by atoms with Crippen molar-refractivity contribution in [1.82, 2.24) is 25.4 Å². The number of carbonyl (C=O) groups excluding carboxylic acids is 1. The van der Waals surface area contributed by atoms with E-state index in [4.69, 9.17) is 0 Å². The van der Waals surface area contributed by atoms with Crippen molar-refractivity contribution in [1.29, 1.82) is 0 Å². The summed E-state index contributed by atoms with van der Waals surface area (Å²) in [4.78, 5) is 12.3. The summed E-state index contributed by atoms with van der Waals surface area (Å²) in [7, 11) is 1.84. The molecule has 1 fully saturated rings. The molecule has 2 amide bonds. The number of hydrogen-bond donors (Lipinski definition) is 2. The number of urea groups is 1. The molecule has 2 aromatic rings. The fourth-order valence-electron chi connectivity index (χ4n) is 3.67. The van der Waals surface area contributed by atoms with Crippen LogP contribution < -0.4 is 10.6 Å². The first kappa shape index (κ1) is 17.4. The minimum absolute atomic E-state index is 0.112. The largest absolute Gasteiger partial charge is 0.337 e. The fourth-order valence-corrected chi connectivity index (χ4v) is 3.67. The highest BCUT2D eigenvalue weighted by molar-refractivity contribution is 5.74. The second-order valence-corrected chi connectivity index (χ2v) is 6.84. The molecule has 1 aliphatic rings. The third-order valence-electron chi connectivity index (χ3n) is 5.09. The summed E-state index contributed by atoms with van der Waals surface area (Å²) < 4.78 is 15.0. The molecule has 1 saturated carbocycles. The number of aryl methyl sites for hydroxylation is 1. The van der Waals surface area contributed by atoms with Crippen LogP contribution in [0.4, 0.5) is 9.18 Å². The molecule has 1 atom stereocenters. The number of amides is 2. The molecule has 0 radical (unpaired) electrons. The molecule has 6 nitrogen and oxygen atoms in total. The van der Waals surface area contributed by atoms with Gasteiger partial charge in [0.05, 0.1) is 6.04 Å². The van der Waals surface area contributed by atoms with Gasteiger partial charge in [0.25, 0.3) is 0 Å². The van der Waals surface area contributed by atoms with Crippen LogP contribution in [0.3, 0.4) is 0 Å². The van der Waals surface area contributed by atoms with Gasteiger partial charge in [-0.1, -0.05) is 25.0 Å². The van der Waals surface area contributed by atoms with Gasteiger partial charge < -0.3 is 15.2 Å². The summed E-state index contributed by atoms with van der Waals surface area (Å²) in [6, 6.07) is 6.18. The Morgan fingerprint density at radius 3 is 2.60 bits per heavy atom. The number of carbonyl (C=O) groups is 1. The third kappa shape index (κ3) is 3.81. The standard InChI is InChI=1S/C18H24FN5O/c1-13(16-23-21-12-24(16)2)22-17(25)20-11-18(9-3-4-10-18)14-5-7-15(19)8-6-14/h5-8,12-13H,3-4,9-11H2,1-2H3,(H2,20,22,25)/t13-/m1/s1. The topological polar surface area (TPSA) is 71.8 Å². The molecule has 0 aliphatic heterocycles. The lowest BCUT2D eigenvalue weighted by molar-refractivity contribution is 0.233. The van der Waals surface area contributed by atoms with E-state index < -0.39 is 0 Å². The lowest BCUT2D eigenvalue weighted by atomic mass is 9.79. The summed E-state index contributed by atoms with van der Waals surface area (Å²) in [6.45, 7) is 2.41. The minimum atomic E-state index is -0.238. The lowest BCUT2D eigenvalue weighted by Crippen LogP contribution is -2.44. The van der Waals surface area contributed by atoms with Gasteiger partial charge in [0, 0.05) is 19.0 Å². The molecule has 0 spiro atoms. The molecule has 0 bridgehead atoms. The van der Waals surface area contributed by atoms with Gasteiger partial charge in [-0.3, -0.25) is 0 Å². The third-order valence-corrected chi connectivity index (χ3v) is 5.09. The molecule has 1 aliphatic carbocycles. The van der Waals surface area contributed by atoms with Crippen LogP contribution >= 0.6 is 0 Å². The highest BCUT2D eigenvalue weighted by atomic mass is 19.1. The van der Waals surface area contributed by atoms with E-state index in [1.54, 1.807) is 10.9 Å². The van der Waals surface area contributed by atoms with Gasteiger partial charge in [0.1, 0.15) is 12.1 Å². The molecule has 1 aromatic heterocycles. The van der Waals surface area contributed by atoms with Gasteiger partial charge in [-0.05, 0) is 37.5 Å². The molecule has 7 heteroatoms. The normalized spacial score (nSPS) is 17.2. The highest BCUT2D eigenvalue weighted by Gasteiger charge is 2.36. The first-order valence-electron chi connectivity index (χ1n) is 8.64. The van der Waals surface area contributed by atoms with Gasteiger partial charge >= 0.3 is 6.03 Å². The van der Waals surface area contributed by atoms with Crippen molar-refractivity contribution in [3.8, 4) is 0 Å². The zero-order valence-corrected chi connectivity index (χ0v) is 14.6. The van der Waals surface area contributed by atoms with Crippen molar-refractivity contribution < 1.29 is 9.18 Å². The predicted molar refractivity (Wildman–Crippen MR) is 92.5 cm³/mol. The monoisotopic (exact) mass is 345 g/mol. The number of benzene rings is 1.